The molecule has 3 N–H and O–H groups in total. The van der Waals surface area contributed by atoms with Crippen LogP contribution in [-0.4, -0.2) is 10.2 Å². The van der Waals surface area contributed by atoms with Gasteiger partial charge in [0.2, 0.25) is 0 Å². The number of rotatable bonds is 2. The molecule has 0 unspecified atom stereocenters. The van der Waals surface area contributed by atoms with E-state index in [2.05, 4.69) is 26.1 Å². The van der Waals surface area contributed by atoms with Crippen molar-refractivity contribution in [2.24, 2.45) is 0 Å². The van der Waals surface area contributed by atoms with Crippen LogP contribution in [0.2, 0.25) is 0 Å². The minimum absolute atomic E-state index is 0.462. The van der Waals surface area contributed by atoms with Gasteiger partial charge in [-0.2, -0.15) is 5.10 Å². The van der Waals surface area contributed by atoms with E-state index < -0.39 is 0 Å². The number of nitrogens with zero attached hydrogens (tertiary/aromatic N) is 1. The number of aromatic amines is 1. The van der Waals surface area contributed by atoms with Crippen LogP contribution in [0, 0.1) is 6.92 Å². The molecule has 5 heteroatoms. The second kappa shape index (κ2) is 4.59. The van der Waals surface area contributed by atoms with Gasteiger partial charge in [-0.3, -0.25) is 5.10 Å². The van der Waals surface area contributed by atoms with Crippen LogP contribution in [0.25, 0.3) is 22.6 Å². The number of nitrogen functional groups attached to an aromatic ring is 1. The van der Waals surface area contributed by atoms with E-state index in [4.69, 9.17) is 10.2 Å². The zero-order valence-electron chi connectivity index (χ0n) is 10.3. The van der Waals surface area contributed by atoms with Gasteiger partial charge in [0.25, 0.3) is 0 Å². The number of hydrogen-bond donors (Lipinski definition) is 2. The fraction of sp³-hybridized carbons (Fsp3) is 0.0714. The molecule has 0 aliphatic heterocycles. The van der Waals surface area contributed by atoms with Crippen LogP contribution in [0.4, 0.5) is 5.82 Å². The number of nitrogens with two attached hydrogens (primary N) is 1. The smallest absolute Gasteiger partial charge is 0.155 e. The minimum Gasteiger partial charge on any atom is -0.462 e. The Kier molecular flexibility index (Phi) is 2.91. The Morgan fingerprint density at radius 3 is 2.84 bits per heavy atom. The molecule has 0 bridgehead atoms. The third kappa shape index (κ3) is 2.06. The molecule has 0 amide bonds. The quantitative estimate of drug-likeness (QED) is 0.751. The molecule has 0 aliphatic rings. The van der Waals surface area contributed by atoms with E-state index in [0.717, 1.165) is 32.6 Å². The van der Waals surface area contributed by atoms with E-state index in [9.17, 15) is 0 Å². The lowest BCUT2D eigenvalue weighted by Crippen LogP contribution is -1.89. The van der Waals surface area contributed by atoms with E-state index >= 15 is 0 Å². The molecule has 19 heavy (non-hydrogen) atoms. The van der Waals surface area contributed by atoms with Crippen molar-refractivity contribution in [2.75, 3.05) is 5.73 Å². The number of anilines is 1. The summed E-state index contributed by atoms with van der Waals surface area (Å²) >= 11 is 3.47. The first-order chi connectivity index (χ1) is 9.16. The summed E-state index contributed by atoms with van der Waals surface area (Å²) < 4.78 is 6.51. The Morgan fingerprint density at radius 2 is 2.16 bits per heavy atom. The summed E-state index contributed by atoms with van der Waals surface area (Å²) in [6, 6.07) is 9.84. The molecule has 3 aromatic rings. The third-order valence-electron chi connectivity index (χ3n) is 3.00. The number of halogens is 1. The summed E-state index contributed by atoms with van der Waals surface area (Å²) in [5.41, 5.74) is 9.68. The van der Waals surface area contributed by atoms with Crippen LogP contribution in [0.15, 0.2) is 45.5 Å². The first-order valence-electron chi connectivity index (χ1n) is 5.81. The Labute approximate surface area is 118 Å². The van der Waals surface area contributed by atoms with Gasteiger partial charge in [0.1, 0.15) is 5.69 Å². The normalized spacial score (nSPS) is 10.8. The van der Waals surface area contributed by atoms with Gasteiger partial charge >= 0.3 is 0 Å². The van der Waals surface area contributed by atoms with Gasteiger partial charge < -0.3 is 10.2 Å². The number of nitrogens with one attached hydrogen (secondary N) is 1. The summed E-state index contributed by atoms with van der Waals surface area (Å²) in [4.78, 5) is 0. The van der Waals surface area contributed by atoms with Crippen molar-refractivity contribution in [2.45, 2.75) is 6.92 Å². The first kappa shape index (κ1) is 12.0. The van der Waals surface area contributed by atoms with Gasteiger partial charge in [-0.15, -0.1) is 0 Å². The first-order valence-corrected chi connectivity index (χ1v) is 6.60. The van der Waals surface area contributed by atoms with Crippen LogP contribution in [0.5, 0.6) is 0 Å². The molecule has 2 aromatic heterocycles. The van der Waals surface area contributed by atoms with E-state index in [1.54, 1.807) is 6.26 Å². The fourth-order valence-corrected chi connectivity index (χ4v) is 2.48. The maximum atomic E-state index is 5.98. The van der Waals surface area contributed by atoms with Gasteiger partial charge in [0.15, 0.2) is 11.6 Å². The van der Waals surface area contributed by atoms with Crippen LogP contribution in [0.3, 0.4) is 0 Å². The highest BCUT2D eigenvalue weighted by Gasteiger charge is 2.18. The SMILES string of the molecule is Cc1ccoc1-c1[nH]nc(N)c1-c1cccc(Br)c1. The Balaban J connectivity index is 2.22. The molecule has 2 heterocycles. The molecule has 0 radical (unpaired) electrons. The van der Waals surface area contributed by atoms with Crippen molar-refractivity contribution in [3.8, 4) is 22.6 Å². The molecule has 0 fully saturated rings. The van der Waals surface area contributed by atoms with E-state index in [-0.39, 0.29) is 0 Å². The standard InChI is InChI=1S/C14H12BrN3O/c1-8-5-6-19-13(8)12-11(14(16)18-17-12)9-3-2-4-10(15)7-9/h2-7H,1H3,(H3,16,17,18). The van der Waals surface area contributed by atoms with E-state index in [1.165, 1.54) is 0 Å². The van der Waals surface area contributed by atoms with Gasteiger partial charge in [-0.25, -0.2) is 0 Å². The third-order valence-corrected chi connectivity index (χ3v) is 3.49. The minimum atomic E-state index is 0.462. The van der Waals surface area contributed by atoms with Crippen LogP contribution < -0.4 is 5.73 Å². The molecule has 0 aliphatic carbocycles. The average Bonchev–Trinajstić information content (AvgIpc) is 2.95. The van der Waals surface area contributed by atoms with Crippen molar-refractivity contribution in [1.29, 1.82) is 0 Å². The molecule has 3 rings (SSSR count). The lowest BCUT2D eigenvalue weighted by Gasteiger charge is -2.04. The highest BCUT2D eigenvalue weighted by atomic mass is 79.9. The number of H-pyrrole nitrogens is 1. The second-order valence-corrected chi connectivity index (χ2v) is 5.22. The van der Waals surface area contributed by atoms with Crippen molar-refractivity contribution in [3.63, 3.8) is 0 Å². The maximum absolute atomic E-state index is 5.98. The number of aromatic nitrogens is 2. The molecule has 0 saturated heterocycles. The molecule has 1 aromatic carbocycles. The maximum Gasteiger partial charge on any atom is 0.155 e. The fourth-order valence-electron chi connectivity index (χ4n) is 2.09. The largest absolute Gasteiger partial charge is 0.462 e. The number of aryl methyl sites for hydroxylation is 1. The molecule has 0 saturated carbocycles. The van der Waals surface area contributed by atoms with Crippen molar-refractivity contribution in [3.05, 3.63) is 46.6 Å². The lowest BCUT2D eigenvalue weighted by atomic mass is 10.0. The van der Waals surface area contributed by atoms with Crippen LogP contribution in [0.1, 0.15) is 5.56 Å². The molecule has 96 valence electrons. The molecular weight excluding hydrogens is 306 g/mol. The highest BCUT2D eigenvalue weighted by molar-refractivity contribution is 9.10. The summed E-state index contributed by atoms with van der Waals surface area (Å²) in [5.74, 6) is 1.23. The molecule has 0 spiro atoms. The summed E-state index contributed by atoms with van der Waals surface area (Å²) in [5, 5.41) is 7.05. The predicted molar refractivity (Wildman–Crippen MR) is 78.6 cm³/mol. The average molecular weight is 318 g/mol. The molecular formula is C14H12BrN3O. The Hall–Kier alpha value is -2.01. The summed E-state index contributed by atoms with van der Waals surface area (Å²) in [6.07, 6.45) is 1.66. The highest BCUT2D eigenvalue weighted by Crippen LogP contribution is 2.37. The van der Waals surface area contributed by atoms with Gasteiger partial charge in [0, 0.05) is 4.47 Å². The van der Waals surface area contributed by atoms with Crippen molar-refractivity contribution in [1.82, 2.24) is 10.2 Å². The van der Waals surface area contributed by atoms with Crippen LogP contribution in [-0.2, 0) is 0 Å². The van der Waals surface area contributed by atoms with Crippen molar-refractivity contribution < 1.29 is 4.42 Å². The van der Waals surface area contributed by atoms with Crippen molar-refractivity contribution >= 4 is 21.7 Å². The molecule has 0 atom stereocenters. The summed E-state index contributed by atoms with van der Waals surface area (Å²) in [6.45, 7) is 1.99. The van der Waals surface area contributed by atoms with Crippen LogP contribution >= 0.6 is 15.9 Å². The molecule has 4 nitrogen and oxygen atoms in total. The Bertz CT molecular complexity index is 730. The summed E-state index contributed by atoms with van der Waals surface area (Å²) in [7, 11) is 0. The van der Waals surface area contributed by atoms with E-state index in [1.807, 2.05) is 37.3 Å². The number of benzene rings is 1. The zero-order chi connectivity index (χ0) is 13.4. The van der Waals surface area contributed by atoms with Gasteiger partial charge in [0.05, 0.1) is 11.8 Å². The number of furan rings is 1. The monoisotopic (exact) mass is 317 g/mol. The number of hydrogen-bond acceptors (Lipinski definition) is 3. The predicted octanol–water partition coefficient (Wildman–Crippen LogP) is 3.99. The second-order valence-electron chi connectivity index (χ2n) is 4.30. The van der Waals surface area contributed by atoms with Gasteiger partial charge in [-0.1, -0.05) is 28.1 Å². The van der Waals surface area contributed by atoms with Gasteiger partial charge in [-0.05, 0) is 36.2 Å². The zero-order valence-corrected chi connectivity index (χ0v) is 11.9. The topological polar surface area (TPSA) is 67.8 Å². The van der Waals surface area contributed by atoms with E-state index in [0.29, 0.717) is 5.82 Å². The Morgan fingerprint density at radius 1 is 1.32 bits per heavy atom. The lowest BCUT2D eigenvalue weighted by molar-refractivity contribution is 0.578.